The van der Waals surface area contributed by atoms with Crippen molar-refractivity contribution in [1.29, 1.82) is 0 Å². The highest BCUT2D eigenvalue weighted by Crippen LogP contribution is 2.34. The molecule has 0 amide bonds. The minimum atomic E-state index is -0.539. The largest absolute Gasteiger partial charge is 0.508 e. The minimum Gasteiger partial charge on any atom is -0.508 e. The number of phenolic OH excluding ortho intramolecular Hbond substituents is 1. The van der Waals surface area contributed by atoms with Crippen molar-refractivity contribution in [3.05, 3.63) is 71.8 Å². The summed E-state index contributed by atoms with van der Waals surface area (Å²) in [5.41, 5.74) is 4.84. The number of benzene rings is 2. The highest BCUT2D eigenvalue weighted by atomic mass is 19.1. The van der Waals surface area contributed by atoms with E-state index in [-0.39, 0.29) is 5.75 Å². The Morgan fingerprint density at radius 1 is 1.03 bits per heavy atom. The van der Waals surface area contributed by atoms with Gasteiger partial charge in [-0.3, -0.25) is 0 Å². The van der Waals surface area contributed by atoms with E-state index in [4.69, 9.17) is 4.74 Å². The van der Waals surface area contributed by atoms with Gasteiger partial charge in [0.25, 0.3) is 0 Å². The molecule has 7 nitrogen and oxygen atoms in total. The van der Waals surface area contributed by atoms with Crippen molar-refractivity contribution in [2.75, 3.05) is 31.2 Å². The van der Waals surface area contributed by atoms with Gasteiger partial charge >= 0.3 is 0 Å². The minimum absolute atomic E-state index is 0.114. The summed E-state index contributed by atoms with van der Waals surface area (Å²) in [4.78, 5) is 19.3. The molecule has 1 aliphatic heterocycles. The zero-order chi connectivity index (χ0) is 24.1. The molecular weight excluding hydrogens is 433 g/mol. The maximum Gasteiger partial charge on any atom is 0.136 e. The summed E-state index contributed by atoms with van der Waals surface area (Å²) in [5, 5.41) is 11.1. The van der Waals surface area contributed by atoms with Crippen LogP contribution in [0, 0.1) is 12.7 Å². The molecule has 0 unspecified atom stereocenters. The number of rotatable bonds is 4. The number of morpholine rings is 1. The second-order valence-corrected chi connectivity index (χ2v) is 7.81. The maximum atomic E-state index is 15.0. The van der Waals surface area contributed by atoms with Crippen molar-refractivity contribution >= 4 is 16.6 Å². The van der Waals surface area contributed by atoms with Gasteiger partial charge in [0.2, 0.25) is 0 Å². The Bertz CT molecular complexity index is 1290. The lowest BCUT2D eigenvalue weighted by molar-refractivity contribution is 0.122. The van der Waals surface area contributed by atoms with Crippen molar-refractivity contribution < 1.29 is 14.2 Å². The standard InChI is InChI=1S/C24H22FN5O2.C2H6/c1-15-12-26-13-27-21(15)9-16-8-19(20(25)11-23(16)31)24-18-3-2-17(10-22(18)28-14-29-24)30-4-6-32-7-5-30;1-2/h2-3,8,10-14,31H,4-7,9H2,1H3;1-2H3. The molecule has 8 heteroatoms. The van der Waals surface area contributed by atoms with Crippen LogP contribution in [0.5, 0.6) is 5.75 Å². The fourth-order valence-corrected chi connectivity index (χ4v) is 4.00. The van der Waals surface area contributed by atoms with Crippen molar-refractivity contribution in [2.24, 2.45) is 0 Å². The zero-order valence-electron chi connectivity index (χ0n) is 19.6. The summed E-state index contributed by atoms with van der Waals surface area (Å²) < 4.78 is 20.4. The maximum absolute atomic E-state index is 15.0. The molecular formula is C26H28FN5O2. The van der Waals surface area contributed by atoms with Crippen molar-refractivity contribution in [1.82, 2.24) is 19.9 Å². The van der Waals surface area contributed by atoms with Crippen molar-refractivity contribution in [3.63, 3.8) is 0 Å². The molecule has 0 spiro atoms. The second kappa shape index (κ2) is 10.5. The zero-order valence-corrected chi connectivity index (χ0v) is 19.6. The SMILES string of the molecule is CC.Cc1cncnc1Cc1cc(-c2ncnc3cc(N4CCOCC4)ccc23)c(F)cc1O. The smallest absolute Gasteiger partial charge is 0.136 e. The number of aromatic hydroxyl groups is 1. The third-order valence-corrected chi connectivity index (χ3v) is 5.78. The molecule has 1 N–H and O–H groups in total. The number of halogens is 1. The molecule has 5 rings (SSSR count). The van der Waals surface area contributed by atoms with Crippen LogP contribution in [0.2, 0.25) is 0 Å². The van der Waals surface area contributed by atoms with Gasteiger partial charge in [0, 0.05) is 54.0 Å². The third kappa shape index (κ3) is 4.82. The van der Waals surface area contributed by atoms with Gasteiger partial charge in [-0.25, -0.2) is 24.3 Å². The highest BCUT2D eigenvalue weighted by Gasteiger charge is 2.18. The highest BCUT2D eigenvalue weighted by molar-refractivity contribution is 5.94. The van der Waals surface area contributed by atoms with Crippen LogP contribution in [-0.4, -0.2) is 51.3 Å². The predicted octanol–water partition coefficient (Wildman–Crippen LogP) is 4.69. The first-order valence-electron chi connectivity index (χ1n) is 11.4. The Labute approximate surface area is 198 Å². The summed E-state index contributed by atoms with van der Waals surface area (Å²) in [6.45, 7) is 8.94. The molecule has 0 aliphatic carbocycles. The molecule has 3 heterocycles. The van der Waals surface area contributed by atoms with Gasteiger partial charge in [-0.2, -0.15) is 0 Å². The van der Waals surface area contributed by atoms with Gasteiger partial charge in [0.15, 0.2) is 0 Å². The number of ether oxygens (including phenoxy) is 1. The van der Waals surface area contributed by atoms with E-state index < -0.39 is 5.82 Å². The Kier molecular flexibility index (Phi) is 7.27. The Morgan fingerprint density at radius 3 is 2.59 bits per heavy atom. The number of hydrogen-bond acceptors (Lipinski definition) is 7. The number of aromatic nitrogens is 4. The average Bonchev–Trinajstić information content (AvgIpc) is 2.88. The van der Waals surface area contributed by atoms with Crippen LogP contribution in [0.4, 0.5) is 10.1 Å². The molecule has 2 aromatic heterocycles. The molecule has 0 atom stereocenters. The molecule has 34 heavy (non-hydrogen) atoms. The molecule has 0 bridgehead atoms. The summed E-state index contributed by atoms with van der Waals surface area (Å²) in [6.07, 6.45) is 4.99. The molecule has 0 radical (unpaired) electrons. The number of fused-ring (bicyclic) bond motifs is 1. The fraction of sp³-hybridized carbons (Fsp3) is 0.308. The van der Waals surface area contributed by atoms with Crippen LogP contribution >= 0.6 is 0 Å². The number of aryl methyl sites for hydroxylation is 1. The Balaban J connectivity index is 0.00000133. The first-order valence-corrected chi connectivity index (χ1v) is 11.4. The molecule has 0 saturated carbocycles. The van der Waals surface area contributed by atoms with Gasteiger partial charge in [-0.1, -0.05) is 13.8 Å². The van der Waals surface area contributed by atoms with E-state index >= 15 is 0 Å². The van der Waals surface area contributed by atoms with Crippen LogP contribution in [0.15, 0.2) is 49.2 Å². The summed E-state index contributed by atoms with van der Waals surface area (Å²) in [6, 6.07) is 8.70. The first kappa shape index (κ1) is 23.5. The lowest BCUT2D eigenvalue weighted by atomic mass is 9.99. The van der Waals surface area contributed by atoms with Crippen molar-refractivity contribution in [2.45, 2.75) is 27.2 Å². The van der Waals surface area contributed by atoms with E-state index in [1.54, 1.807) is 12.3 Å². The Hall–Kier alpha value is -3.65. The molecule has 176 valence electrons. The molecule has 1 fully saturated rings. The van der Waals surface area contributed by atoms with Gasteiger partial charge in [0.1, 0.15) is 24.2 Å². The van der Waals surface area contributed by atoms with Gasteiger partial charge in [0.05, 0.1) is 30.1 Å². The van der Waals surface area contributed by atoms with Gasteiger partial charge in [-0.15, -0.1) is 0 Å². The fourth-order valence-electron chi connectivity index (χ4n) is 4.00. The summed E-state index contributed by atoms with van der Waals surface area (Å²) in [7, 11) is 0. The molecule has 1 saturated heterocycles. The number of nitrogens with zero attached hydrogens (tertiary/aromatic N) is 5. The van der Waals surface area contributed by atoms with Gasteiger partial charge < -0.3 is 14.7 Å². The molecule has 2 aromatic carbocycles. The number of phenols is 1. The van der Waals surface area contributed by atoms with Crippen molar-refractivity contribution in [3.8, 4) is 17.0 Å². The third-order valence-electron chi connectivity index (χ3n) is 5.78. The first-order chi connectivity index (χ1) is 16.6. The van der Waals surface area contributed by atoms with E-state index in [1.807, 2.05) is 39.0 Å². The van der Waals surface area contributed by atoms with Crippen LogP contribution in [0.3, 0.4) is 0 Å². The van der Waals surface area contributed by atoms with Gasteiger partial charge in [-0.05, 0) is 36.8 Å². The monoisotopic (exact) mass is 461 g/mol. The van der Waals surface area contributed by atoms with Crippen LogP contribution in [-0.2, 0) is 11.2 Å². The van der Waals surface area contributed by atoms with Crippen LogP contribution in [0.25, 0.3) is 22.2 Å². The predicted molar refractivity (Wildman–Crippen MR) is 131 cm³/mol. The normalized spacial score (nSPS) is 13.5. The average molecular weight is 462 g/mol. The number of hydrogen-bond donors (Lipinski definition) is 1. The van der Waals surface area contributed by atoms with E-state index in [0.29, 0.717) is 36.5 Å². The topological polar surface area (TPSA) is 84.3 Å². The second-order valence-electron chi connectivity index (χ2n) is 7.81. The van der Waals surface area contributed by atoms with Crippen LogP contribution < -0.4 is 4.90 Å². The van der Waals surface area contributed by atoms with E-state index in [0.717, 1.165) is 47.0 Å². The quantitative estimate of drug-likeness (QED) is 0.472. The summed E-state index contributed by atoms with van der Waals surface area (Å²) in [5.74, 6) is -0.653. The van der Waals surface area contributed by atoms with E-state index in [9.17, 15) is 9.50 Å². The lowest BCUT2D eigenvalue weighted by Gasteiger charge is -2.29. The lowest BCUT2D eigenvalue weighted by Crippen LogP contribution is -2.36. The molecule has 4 aromatic rings. The Morgan fingerprint density at radius 2 is 1.82 bits per heavy atom. The molecule has 1 aliphatic rings. The number of anilines is 1. The van der Waals surface area contributed by atoms with E-state index in [1.165, 1.54) is 12.7 Å². The van der Waals surface area contributed by atoms with Crippen LogP contribution in [0.1, 0.15) is 30.7 Å². The van der Waals surface area contributed by atoms with E-state index in [2.05, 4.69) is 24.8 Å². The summed E-state index contributed by atoms with van der Waals surface area (Å²) >= 11 is 0.